The minimum Gasteiger partial charge on any atom is -0.456 e. The van der Waals surface area contributed by atoms with Gasteiger partial charge >= 0.3 is 11.9 Å². The van der Waals surface area contributed by atoms with Gasteiger partial charge in [0.25, 0.3) is 0 Å². The molecular weight excluding hydrogens is 360 g/mol. The third-order valence-electron chi connectivity index (χ3n) is 5.03. The van der Waals surface area contributed by atoms with Crippen molar-refractivity contribution in [3.63, 3.8) is 0 Å². The monoisotopic (exact) mass is 392 g/mol. The first-order valence-electron chi connectivity index (χ1n) is 10.2. The second kappa shape index (κ2) is 12.5. The first-order chi connectivity index (χ1) is 13.6. The molecule has 0 aromatic heterocycles. The Morgan fingerprint density at radius 1 is 0.679 bits per heavy atom. The summed E-state index contributed by atoms with van der Waals surface area (Å²) in [5, 5.41) is 0. The van der Waals surface area contributed by atoms with Crippen LogP contribution in [0.1, 0.15) is 51.4 Å². The highest BCUT2D eigenvalue weighted by Gasteiger charge is 2.29. The van der Waals surface area contributed by atoms with E-state index in [4.69, 9.17) is 18.9 Å². The summed E-state index contributed by atoms with van der Waals surface area (Å²) in [6.45, 7) is 8.14. The van der Waals surface area contributed by atoms with Crippen LogP contribution in [-0.2, 0) is 28.5 Å². The van der Waals surface area contributed by atoms with Crippen molar-refractivity contribution in [2.24, 2.45) is 0 Å². The maximum Gasteiger partial charge on any atom is 0.331 e. The van der Waals surface area contributed by atoms with Crippen molar-refractivity contribution in [2.45, 2.75) is 75.8 Å². The molecule has 4 unspecified atom stereocenters. The van der Waals surface area contributed by atoms with E-state index < -0.39 is 11.9 Å². The van der Waals surface area contributed by atoms with E-state index in [0.717, 1.165) is 63.5 Å². The number of rotatable bonds is 10. The average molecular weight is 392 g/mol. The summed E-state index contributed by atoms with van der Waals surface area (Å²) in [5.41, 5.74) is 0. The van der Waals surface area contributed by atoms with Gasteiger partial charge in [-0.1, -0.05) is 25.0 Å². The molecule has 0 saturated heterocycles. The molecule has 0 aromatic carbocycles. The van der Waals surface area contributed by atoms with Crippen molar-refractivity contribution in [2.75, 3.05) is 13.2 Å². The van der Waals surface area contributed by atoms with Crippen molar-refractivity contribution in [1.29, 1.82) is 0 Å². The van der Waals surface area contributed by atoms with Crippen LogP contribution in [0.4, 0.5) is 0 Å². The van der Waals surface area contributed by atoms with Crippen LogP contribution in [-0.4, -0.2) is 49.6 Å². The van der Waals surface area contributed by atoms with E-state index in [1.165, 1.54) is 0 Å². The van der Waals surface area contributed by atoms with Gasteiger partial charge in [-0.05, 0) is 38.5 Å². The molecule has 2 aliphatic rings. The fourth-order valence-electron chi connectivity index (χ4n) is 3.67. The molecule has 0 heterocycles. The molecule has 6 nitrogen and oxygen atoms in total. The van der Waals surface area contributed by atoms with Gasteiger partial charge in [0.2, 0.25) is 0 Å². The molecule has 156 valence electrons. The Balaban J connectivity index is 1.80. The molecule has 0 spiro atoms. The zero-order valence-corrected chi connectivity index (χ0v) is 16.6. The third kappa shape index (κ3) is 7.60. The number of ether oxygens (including phenoxy) is 4. The quantitative estimate of drug-likeness (QED) is 0.321. The van der Waals surface area contributed by atoms with Crippen LogP contribution in [0.5, 0.6) is 0 Å². The normalized spacial score (nSPS) is 27.9. The molecule has 28 heavy (non-hydrogen) atoms. The first kappa shape index (κ1) is 22.4. The molecule has 2 aliphatic carbocycles. The van der Waals surface area contributed by atoms with Crippen molar-refractivity contribution in [1.82, 2.24) is 0 Å². The zero-order valence-electron chi connectivity index (χ0n) is 16.6. The first-order valence-corrected chi connectivity index (χ1v) is 10.2. The minimum absolute atomic E-state index is 0.124. The van der Waals surface area contributed by atoms with Crippen LogP contribution in [0.3, 0.4) is 0 Å². The second-order valence-corrected chi connectivity index (χ2v) is 7.17. The van der Waals surface area contributed by atoms with Gasteiger partial charge in [-0.2, -0.15) is 0 Å². The van der Waals surface area contributed by atoms with Gasteiger partial charge in [0.05, 0.1) is 25.4 Å². The molecular formula is C22H32O6. The highest BCUT2D eigenvalue weighted by atomic mass is 16.6. The molecule has 0 bridgehead atoms. The Bertz CT molecular complexity index is 507. The topological polar surface area (TPSA) is 71.1 Å². The molecule has 2 saturated carbocycles. The van der Waals surface area contributed by atoms with E-state index in [1.54, 1.807) is 12.2 Å². The van der Waals surface area contributed by atoms with Gasteiger partial charge in [0.1, 0.15) is 12.2 Å². The summed E-state index contributed by atoms with van der Waals surface area (Å²) in [4.78, 5) is 24.2. The van der Waals surface area contributed by atoms with E-state index in [-0.39, 0.29) is 24.4 Å². The van der Waals surface area contributed by atoms with Crippen molar-refractivity contribution in [3.05, 3.63) is 37.5 Å². The molecule has 2 rings (SSSR count). The number of esters is 2. The molecule has 0 amide bonds. The van der Waals surface area contributed by atoms with E-state index in [0.29, 0.717) is 13.2 Å². The number of hydrogen-bond donors (Lipinski definition) is 0. The average Bonchev–Trinajstić information content (AvgIpc) is 2.71. The van der Waals surface area contributed by atoms with Gasteiger partial charge < -0.3 is 18.9 Å². The van der Waals surface area contributed by atoms with Gasteiger partial charge in [0, 0.05) is 12.2 Å². The third-order valence-corrected chi connectivity index (χ3v) is 5.03. The van der Waals surface area contributed by atoms with Crippen LogP contribution in [0.15, 0.2) is 37.5 Å². The van der Waals surface area contributed by atoms with Gasteiger partial charge in [-0.25, -0.2) is 9.59 Å². The fourth-order valence-corrected chi connectivity index (χ4v) is 3.67. The summed E-state index contributed by atoms with van der Waals surface area (Å²) in [7, 11) is 0. The van der Waals surface area contributed by atoms with Crippen molar-refractivity contribution >= 4 is 11.9 Å². The summed E-state index contributed by atoms with van der Waals surface area (Å²) in [6, 6.07) is 0. The van der Waals surface area contributed by atoms with E-state index in [1.807, 2.05) is 0 Å². The van der Waals surface area contributed by atoms with E-state index >= 15 is 0 Å². The summed E-state index contributed by atoms with van der Waals surface area (Å²) < 4.78 is 22.3. The van der Waals surface area contributed by atoms with Gasteiger partial charge in [0.15, 0.2) is 0 Å². The predicted octanol–water partition coefficient (Wildman–Crippen LogP) is 3.66. The van der Waals surface area contributed by atoms with Crippen LogP contribution >= 0.6 is 0 Å². The van der Waals surface area contributed by atoms with Crippen LogP contribution in [0.2, 0.25) is 0 Å². The van der Waals surface area contributed by atoms with E-state index in [9.17, 15) is 9.59 Å². The minimum atomic E-state index is -0.556. The number of hydrogen-bond acceptors (Lipinski definition) is 6. The maximum absolute atomic E-state index is 12.1. The van der Waals surface area contributed by atoms with Crippen LogP contribution < -0.4 is 0 Å². The SMILES string of the molecule is C=CCOC1CCCCC1OC(=O)C=CC(=O)OC1CCCCC1OCC=C. The van der Waals surface area contributed by atoms with E-state index in [2.05, 4.69) is 13.2 Å². The Labute approximate surface area is 167 Å². The lowest BCUT2D eigenvalue weighted by Gasteiger charge is -2.30. The summed E-state index contributed by atoms with van der Waals surface area (Å²) in [6.07, 6.45) is 12.1. The van der Waals surface area contributed by atoms with Crippen molar-refractivity contribution < 1.29 is 28.5 Å². The second-order valence-electron chi connectivity index (χ2n) is 7.17. The van der Waals surface area contributed by atoms with Crippen LogP contribution in [0, 0.1) is 0 Å². The molecule has 0 radical (unpaired) electrons. The molecule has 0 aromatic rings. The zero-order chi connectivity index (χ0) is 20.2. The summed E-state index contributed by atoms with van der Waals surface area (Å²) in [5.74, 6) is -1.11. The maximum atomic E-state index is 12.1. The highest BCUT2D eigenvalue weighted by molar-refractivity contribution is 5.91. The highest BCUT2D eigenvalue weighted by Crippen LogP contribution is 2.25. The molecule has 0 N–H and O–H groups in total. The molecule has 4 atom stereocenters. The lowest BCUT2D eigenvalue weighted by molar-refractivity contribution is -0.157. The van der Waals surface area contributed by atoms with Gasteiger partial charge in [-0.15, -0.1) is 13.2 Å². The molecule has 0 aliphatic heterocycles. The Hall–Kier alpha value is -1.92. The van der Waals surface area contributed by atoms with Crippen LogP contribution in [0.25, 0.3) is 0 Å². The lowest BCUT2D eigenvalue weighted by Crippen LogP contribution is -2.36. The largest absolute Gasteiger partial charge is 0.456 e. The predicted molar refractivity (Wildman–Crippen MR) is 106 cm³/mol. The lowest BCUT2D eigenvalue weighted by atomic mass is 9.94. The molecule has 6 heteroatoms. The molecule has 2 fully saturated rings. The summed E-state index contributed by atoms with van der Waals surface area (Å²) >= 11 is 0. The van der Waals surface area contributed by atoms with Crippen molar-refractivity contribution in [3.8, 4) is 0 Å². The Kier molecular flexibility index (Phi) is 10.0. The van der Waals surface area contributed by atoms with Gasteiger partial charge in [-0.3, -0.25) is 0 Å². The number of carbonyl (C=O) groups excluding carboxylic acids is 2. The number of carbonyl (C=O) groups is 2. The smallest absolute Gasteiger partial charge is 0.331 e. The fraction of sp³-hybridized carbons (Fsp3) is 0.636. The Morgan fingerprint density at radius 3 is 1.39 bits per heavy atom. The standard InChI is InChI=1S/C22H32O6/c1-3-15-25-17-9-5-7-11-19(17)27-21(23)13-14-22(24)28-20-12-8-6-10-18(20)26-16-4-2/h3-4,13-14,17-20H,1-2,5-12,15-16H2. The Morgan fingerprint density at radius 2 is 1.04 bits per heavy atom.